The molecule has 4 aromatic heterocycles. The first kappa shape index (κ1) is 29.4. The predicted octanol–water partition coefficient (Wildman–Crippen LogP) is 12.1. The Morgan fingerprint density at radius 1 is 0.321 bits per heavy atom. The van der Waals surface area contributed by atoms with Crippen LogP contribution in [0.4, 0.5) is 0 Å². The van der Waals surface area contributed by atoms with E-state index in [-0.39, 0.29) is 0 Å². The van der Waals surface area contributed by atoms with Gasteiger partial charge in [-0.2, -0.15) is 0 Å². The Bertz CT molecular complexity index is 3160. The molecule has 0 atom stereocenters. The van der Waals surface area contributed by atoms with Gasteiger partial charge in [-0.3, -0.25) is 0 Å². The van der Waals surface area contributed by atoms with Gasteiger partial charge in [0.1, 0.15) is 27.8 Å². The fraction of sp³-hybridized carbons (Fsp3) is 0. The van der Waals surface area contributed by atoms with Crippen molar-refractivity contribution in [3.05, 3.63) is 158 Å². The number of fused-ring (bicyclic) bond motifs is 7. The minimum atomic E-state index is 0.551. The summed E-state index contributed by atoms with van der Waals surface area (Å²) in [7, 11) is 0. The van der Waals surface area contributed by atoms with Gasteiger partial charge in [-0.05, 0) is 71.8 Å². The van der Waals surface area contributed by atoms with Gasteiger partial charge < -0.3 is 13.3 Å². The van der Waals surface area contributed by atoms with E-state index in [4.69, 9.17) is 33.2 Å². The average molecular weight is 683 g/mol. The summed E-state index contributed by atoms with van der Waals surface area (Å²) < 4.78 is 18.8. The largest absolute Gasteiger partial charge is 0.456 e. The van der Waals surface area contributed by atoms with Crippen molar-refractivity contribution in [2.45, 2.75) is 0 Å². The molecule has 11 rings (SSSR count). The molecule has 7 heteroatoms. The molecule has 0 radical (unpaired) electrons. The van der Waals surface area contributed by atoms with Gasteiger partial charge in [0.15, 0.2) is 23.1 Å². The topological polar surface area (TPSA) is 91.0 Å². The third-order valence-electron chi connectivity index (χ3n) is 9.78. The van der Waals surface area contributed by atoms with Gasteiger partial charge in [0.05, 0.1) is 0 Å². The zero-order valence-corrected chi connectivity index (χ0v) is 28.0. The third kappa shape index (κ3) is 4.90. The number of oxazole rings is 1. The van der Waals surface area contributed by atoms with Crippen LogP contribution in [0.2, 0.25) is 0 Å². The Morgan fingerprint density at radius 2 is 0.962 bits per heavy atom. The summed E-state index contributed by atoms with van der Waals surface area (Å²) in [6.45, 7) is 0. The maximum absolute atomic E-state index is 6.43. The van der Waals surface area contributed by atoms with Crippen molar-refractivity contribution < 1.29 is 13.3 Å². The smallest absolute Gasteiger partial charge is 0.227 e. The summed E-state index contributed by atoms with van der Waals surface area (Å²) in [6.07, 6.45) is 0. The Hall–Kier alpha value is -7.38. The van der Waals surface area contributed by atoms with Gasteiger partial charge in [0.2, 0.25) is 5.89 Å². The Kier molecular flexibility index (Phi) is 6.42. The van der Waals surface area contributed by atoms with E-state index in [0.29, 0.717) is 23.4 Å². The first-order valence-electron chi connectivity index (χ1n) is 17.4. The van der Waals surface area contributed by atoms with Gasteiger partial charge in [-0.25, -0.2) is 19.9 Å². The van der Waals surface area contributed by atoms with Crippen LogP contribution < -0.4 is 0 Å². The lowest BCUT2D eigenvalue weighted by molar-refractivity contribution is 0.620. The van der Waals surface area contributed by atoms with Crippen LogP contribution in [-0.4, -0.2) is 19.9 Å². The molecule has 0 aliphatic heterocycles. The van der Waals surface area contributed by atoms with Gasteiger partial charge in [-0.15, -0.1) is 0 Å². The molecule has 11 aromatic rings. The number of furan rings is 2. The molecule has 0 amide bonds. The lowest BCUT2D eigenvalue weighted by atomic mass is 9.99. The van der Waals surface area contributed by atoms with Crippen molar-refractivity contribution in [1.29, 1.82) is 0 Å². The van der Waals surface area contributed by atoms with E-state index in [1.807, 2.05) is 121 Å². The summed E-state index contributed by atoms with van der Waals surface area (Å²) in [5.74, 6) is 2.27. The second kappa shape index (κ2) is 11.6. The van der Waals surface area contributed by atoms with Crippen LogP contribution >= 0.6 is 0 Å². The highest BCUT2D eigenvalue weighted by Gasteiger charge is 2.19. The number of hydrogen-bond acceptors (Lipinski definition) is 7. The molecule has 248 valence electrons. The van der Waals surface area contributed by atoms with E-state index in [0.717, 1.165) is 88.4 Å². The highest BCUT2D eigenvalue weighted by molar-refractivity contribution is 6.13. The number of para-hydroxylation sites is 3. The molecule has 0 bridgehead atoms. The minimum Gasteiger partial charge on any atom is -0.456 e. The SMILES string of the molecule is c1ccc(-c2nc(-c3ccc4c(c3)oc3ccccc34)nc(-c3cccc4oc5ccc(-c6cccc(-c7nc8ccccc8o7)c6)cc5c34)n2)cc1. The molecule has 0 saturated carbocycles. The summed E-state index contributed by atoms with van der Waals surface area (Å²) in [6, 6.07) is 52.6. The van der Waals surface area contributed by atoms with Crippen molar-refractivity contribution >= 4 is 55.0 Å². The van der Waals surface area contributed by atoms with E-state index in [1.165, 1.54) is 0 Å². The van der Waals surface area contributed by atoms with Crippen LogP contribution in [0.5, 0.6) is 0 Å². The second-order valence-corrected chi connectivity index (χ2v) is 13.0. The van der Waals surface area contributed by atoms with Crippen molar-refractivity contribution in [2.24, 2.45) is 0 Å². The van der Waals surface area contributed by atoms with Crippen molar-refractivity contribution in [2.75, 3.05) is 0 Å². The Balaban J connectivity index is 1.07. The zero-order chi connectivity index (χ0) is 34.9. The molecule has 7 nitrogen and oxygen atoms in total. The van der Waals surface area contributed by atoms with Gasteiger partial charge in [-0.1, -0.05) is 97.1 Å². The van der Waals surface area contributed by atoms with E-state index in [2.05, 4.69) is 36.4 Å². The van der Waals surface area contributed by atoms with Gasteiger partial charge in [0.25, 0.3) is 0 Å². The summed E-state index contributed by atoms with van der Waals surface area (Å²) in [5, 5.41) is 4.02. The summed E-state index contributed by atoms with van der Waals surface area (Å²) >= 11 is 0. The standard InChI is InChI=1S/C46H26N4O3/c1-2-10-27(11-3-1)43-48-44(30-20-22-33-32-14-4-6-17-37(32)52-41(33)26-30)50-45(49-43)34-15-9-19-40-42(34)35-25-29(21-23-38(35)51-40)28-12-8-13-31(24-28)46-47-36-16-5-7-18-39(36)53-46/h1-26H. The van der Waals surface area contributed by atoms with Crippen LogP contribution in [-0.2, 0) is 0 Å². The molecule has 0 fully saturated rings. The van der Waals surface area contributed by atoms with Crippen LogP contribution in [0.15, 0.2) is 171 Å². The second-order valence-electron chi connectivity index (χ2n) is 13.0. The van der Waals surface area contributed by atoms with Gasteiger partial charge >= 0.3 is 0 Å². The average Bonchev–Trinajstić information content (AvgIpc) is 3.94. The van der Waals surface area contributed by atoms with E-state index >= 15 is 0 Å². The number of benzene rings is 7. The zero-order valence-electron chi connectivity index (χ0n) is 28.0. The lowest BCUT2D eigenvalue weighted by Crippen LogP contribution is -2.00. The first-order chi connectivity index (χ1) is 26.2. The normalized spacial score (nSPS) is 11.8. The molecule has 4 heterocycles. The molecule has 53 heavy (non-hydrogen) atoms. The molecule has 0 saturated heterocycles. The number of rotatable bonds is 5. The molecular formula is C46H26N4O3. The van der Waals surface area contributed by atoms with Crippen molar-refractivity contribution in [1.82, 2.24) is 19.9 Å². The minimum absolute atomic E-state index is 0.551. The summed E-state index contributed by atoms with van der Waals surface area (Å²) in [5.41, 5.74) is 10.3. The van der Waals surface area contributed by atoms with E-state index in [9.17, 15) is 0 Å². The van der Waals surface area contributed by atoms with Crippen LogP contribution in [0, 0.1) is 0 Å². The lowest BCUT2D eigenvalue weighted by Gasteiger charge is -2.09. The molecule has 0 unspecified atom stereocenters. The molecule has 0 aliphatic carbocycles. The maximum Gasteiger partial charge on any atom is 0.227 e. The first-order valence-corrected chi connectivity index (χ1v) is 17.4. The monoisotopic (exact) mass is 682 g/mol. The number of nitrogens with zero attached hydrogens (tertiary/aromatic N) is 4. The maximum atomic E-state index is 6.43. The number of aromatic nitrogens is 4. The fourth-order valence-electron chi connectivity index (χ4n) is 7.23. The van der Waals surface area contributed by atoms with Crippen LogP contribution in [0.3, 0.4) is 0 Å². The number of hydrogen-bond donors (Lipinski definition) is 0. The van der Waals surface area contributed by atoms with Crippen molar-refractivity contribution in [3.63, 3.8) is 0 Å². The Morgan fingerprint density at radius 3 is 1.87 bits per heavy atom. The van der Waals surface area contributed by atoms with Gasteiger partial charge in [0, 0.05) is 43.8 Å². The quantitative estimate of drug-likeness (QED) is 0.178. The summed E-state index contributed by atoms with van der Waals surface area (Å²) in [4.78, 5) is 19.9. The highest BCUT2D eigenvalue weighted by Crippen LogP contribution is 2.39. The molecule has 7 aromatic carbocycles. The predicted molar refractivity (Wildman–Crippen MR) is 209 cm³/mol. The molecular weight excluding hydrogens is 657 g/mol. The third-order valence-corrected chi connectivity index (χ3v) is 9.78. The molecule has 0 aliphatic rings. The Labute approximate surface area is 301 Å². The van der Waals surface area contributed by atoms with Crippen LogP contribution in [0.1, 0.15) is 0 Å². The van der Waals surface area contributed by atoms with Crippen LogP contribution in [0.25, 0.3) is 112 Å². The van der Waals surface area contributed by atoms with E-state index in [1.54, 1.807) is 0 Å². The fourth-order valence-corrected chi connectivity index (χ4v) is 7.23. The van der Waals surface area contributed by atoms with E-state index < -0.39 is 0 Å². The molecule has 0 N–H and O–H groups in total. The van der Waals surface area contributed by atoms with Crippen molar-refractivity contribution in [3.8, 4) is 56.7 Å². The highest BCUT2D eigenvalue weighted by atomic mass is 16.3. The molecule has 0 spiro atoms.